The molecule has 2 rings (SSSR count). The van der Waals surface area contributed by atoms with Gasteiger partial charge in [0.15, 0.2) is 0 Å². The van der Waals surface area contributed by atoms with Crippen molar-refractivity contribution in [2.24, 2.45) is 5.92 Å². The van der Waals surface area contributed by atoms with Gasteiger partial charge in [0, 0.05) is 31.4 Å². The fourth-order valence-corrected chi connectivity index (χ4v) is 2.55. The Morgan fingerprint density at radius 2 is 2.50 bits per heavy atom. The summed E-state index contributed by atoms with van der Waals surface area (Å²) in [6, 6.07) is 10.3. The summed E-state index contributed by atoms with van der Waals surface area (Å²) in [5.41, 5.74) is 0.656. The van der Waals surface area contributed by atoms with Gasteiger partial charge >= 0.3 is 0 Å². The van der Waals surface area contributed by atoms with Crippen LogP contribution in [0.25, 0.3) is 0 Å². The van der Waals surface area contributed by atoms with Crippen LogP contribution in [0.1, 0.15) is 29.6 Å². The molecule has 0 unspecified atom stereocenters. The molecule has 4 nitrogen and oxygen atoms in total. The molecular weight excluding hydrogens is 252 g/mol. The van der Waals surface area contributed by atoms with Crippen LogP contribution in [0.3, 0.4) is 0 Å². The topological polar surface area (TPSA) is 50.4 Å². The minimum atomic E-state index is -0.0398. The van der Waals surface area contributed by atoms with E-state index in [1.807, 2.05) is 13.1 Å². The van der Waals surface area contributed by atoms with Crippen LogP contribution in [0.2, 0.25) is 0 Å². The molecule has 2 atom stereocenters. The Hall–Kier alpha value is -1.39. The highest BCUT2D eigenvalue weighted by Crippen LogP contribution is 2.18. The van der Waals surface area contributed by atoms with Crippen molar-refractivity contribution >= 4 is 5.91 Å². The van der Waals surface area contributed by atoms with E-state index in [0.29, 0.717) is 24.1 Å². The third-order valence-electron chi connectivity index (χ3n) is 3.76. The summed E-state index contributed by atoms with van der Waals surface area (Å²) < 4.78 is 5.50. The Kier molecular flexibility index (Phi) is 6.02. The van der Waals surface area contributed by atoms with Crippen LogP contribution in [0.15, 0.2) is 24.3 Å². The third kappa shape index (κ3) is 4.62. The lowest BCUT2D eigenvalue weighted by Gasteiger charge is -2.26. The number of hydrogen-bond acceptors (Lipinski definition) is 3. The van der Waals surface area contributed by atoms with Gasteiger partial charge in [-0.25, -0.2) is 0 Å². The molecule has 4 heteroatoms. The third-order valence-corrected chi connectivity index (χ3v) is 3.76. The SMILES string of the molecule is CN[C@H](CNC(=O)c1c[c]ccc1)C[C@H]1CCCOC1. The smallest absolute Gasteiger partial charge is 0.251 e. The zero-order valence-electron chi connectivity index (χ0n) is 12.0. The molecule has 0 aliphatic carbocycles. The second kappa shape index (κ2) is 8.02. The van der Waals surface area contributed by atoms with Crippen LogP contribution in [-0.2, 0) is 4.74 Å². The summed E-state index contributed by atoms with van der Waals surface area (Å²) in [5.74, 6) is 0.560. The fraction of sp³-hybridized carbons (Fsp3) is 0.562. The monoisotopic (exact) mass is 275 g/mol. The van der Waals surface area contributed by atoms with Gasteiger partial charge in [-0.3, -0.25) is 4.79 Å². The predicted molar refractivity (Wildman–Crippen MR) is 78.6 cm³/mol. The molecule has 1 aromatic carbocycles. The molecule has 1 heterocycles. The highest BCUT2D eigenvalue weighted by atomic mass is 16.5. The Morgan fingerprint density at radius 3 is 3.15 bits per heavy atom. The van der Waals surface area contributed by atoms with E-state index in [2.05, 4.69) is 16.7 Å². The van der Waals surface area contributed by atoms with Gasteiger partial charge in [-0.05, 0) is 50.4 Å². The van der Waals surface area contributed by atoms with Crippen LogP contribution < -0.4 is 10.6 Å². The number of nitrogens with one attached hydrogen (secondary N) is 2. The second-order valence-corrected chi connectivity index (χ2v) is 5.31. The van der Waals surface area contributed by atoms with Crippen molar-refractivity contribution in [1.82, 2.24) is 10.6 Å². The van der Waals surface area contributed by atoms with Gasteiger partial charge in [0.05, 0.1) is 0 Å². The quantitative estimate of drug-likeness (QED) is 0.829. The van der Waals surface area contributed by atoms with Crippen LogP contribution in [0, 0.1) is 12.0 Å². The zero-order chi connectivity index (χ0) is 14.2. The molecule has 2 N–H and O–H groups in total. The fourth-order valence-electron chi connectivity index (χ4n) is 2.55. The lowest BCUT2D eigenvalue weighted by Crippen LogP contribution is -2.41. The number of rotatable bonds is 6. The van der Waals surface area contributed by atoms with Crippen molar-refractivity contribution < 1.29 is 9.53 Å². The average molecular weight is 275 g/mol. The molecule has 1 aromatic rings. The molecule has 0 bridgehead atoms. The maximum atomic E-state index is 12.0. The minimum Gasteiger partial charge on any atom is -0.381 e. The maximum absolute atomic E-state index is 12.0. The summed E-state index contributed by atoms with van der Waals surface area (Å²) in [6.07, 6.45) is 3.41. The predicted octanol–water partition coefficient (Wildman–Crippen LogP) is 1.62. The zero-order valence-corrected chi connectivity index (χ0v) is 12.0. The number of likely N-dealkylation sites (N-methyl/N-ethyl adjacent to an activating group) is 1. The van der Waals surface area contributed by atoms with Gasteiger partial charge in [-0.2, -0.15) is 0 Å². The van der Waals surface area contributed by atoms with E-state index in [0.717, 1.165) is 26.1 Å². The Bertz CT molecular complexity index is 402. The largest absolute Gasteiger partial charge is 0.381 e. The van der Waals surface area contributed by atoms with E-state index >= 15 is 0 Å². The molecule has 0 saturated carbocycles. The molecule has 20 heavy (non-hydrogen) atoms. The number of amides is 1. The molecule has 1 aliphatic rings. The van der Waals surface area contributed by atoms with E-state index in [1.165, 1.54) is 6.42 Å². The number of carbonyl (C=O) groups is 1. The van der Waals surface area contributed by atoms with Gasteiger partial charge < -0.3 is 15.4 Å². The average Bonchev–Trinajstić information content (AvgIpc) is 2.53. The van der Waals surface area contributed by atoms with E-state index < -0.39 is 0 Å². The van der Waals surface area contributed by atoms with Crippen LogP contribution >= 0.6 is 0 Å². The summed E-state index contributed by atoms with van der Waals surface area (Å²) in [4.78, 5) is 12.0. The van der Waals surface area contributed by atoms with E-state index in [-0.39, 0.29) is 5.91 Å². The van der Waals surface area contributed by atoms with Gasteiger partial charge in [-0.1, -0.05) is 12.1 Å². The van der Waals surface area contributed by atoms with Gasteiger partial charge in [0.1, 0.15) is 0 Å². The van der Waals surface area contributed by atoms with Crippen molar-refractivity contribution in [2.45, 2.75) is 25.3 Å². The summed E-state index contributed by atoms with van der Waals surface area (Å²) >= 11 is 0. The summed E-state index contributed by atoms with van der Waals surface area (Å²) in [7, 11) is 1.94. The van der Waals surface area contributed by atoms with Gasteiger partial charge in [0.25, 0.3) is 5.91 Å². The van der Waals surface area contributed by atoms with Crippen LogP contribution in [0.4, 0.5) is 0 Å². The molecule has 0 spiro atoms. The first-order valence-electron chi connectivity index (χ1n) is 7.29. The number of carbonyl (C=O) groups excluding carboxylic acids is 1. The lowest BCUT2D eigenvalue weighted by atomic mass is 9.94. The highest BCUT2D eigenvalue weighted by molar-refractivity contribution is 5.94. The first-order valence-corrected chi connectivity index (χ1v) is 7.29. The molecular formula is C16H23N2O2. The molecule has 1 aliphatic heterocycles. The van der Waals surface area contributed by atoms with E-state index in [4.69, 9.17) is 4.74 Å². The van der Waals surface area contributed by atoms with E-state index in [9.17, 15) is 4.79 Å². The Morgan fingerprint density at radius 1 is 1.60 bits per heavy atom. The molecule has 1 fully saturated rings. The normalized spacial score (nSPS) is 20.4. The summed E-state index contributed by atoms with van der Waals surface area (Å²) in [6.45, 7) is 2.38. The van der Waals surface area contributed by atoms with E-state index in [1.54, 1.807) is 18.2 Å². The second-order valence-electron chi connectivity index (χ2n) is 5.31. The number of hydrogen-bond donors (Lipinski definition) is 2. The van der Waals surface area contributed by atoms with Crippen LogP contribution in [-0.4, -0.2) is 38.8 Å². The molecule has 1 saturated heterocycles. The molecule has 1 amide bonds. The molecule has 109 valence electrons. The van der Waals surface area contributed by atoms with Crippen molar-refractivity contribution in [3.8, 4) is 0 Å². The Balaban J connectivity index is 1.77. The van der Waals surface area contributed by atoms with Gasteiger partial charge in [-0.15, -0.1) is 0 Å². The first kappa shape index (κ1) is 15.0. The first-order chi connectivity index (χ1) is 9.79. The van der Waals surface area contributed by atoms with Crippen molar-refractivity contribution in [3.63, 3.8) is 0 Å². The highest BCUT2D eigenvalue weighted by Gasteiger charge is 2.19. The standard InChI is InChI=1S/C16H23N2O2/c1-17-15(10-13-6-5-9-20-12-13)11-18-16(19)14-7-3-2-4-8-14/h2-3,7-8,13,15,17H,5-6,9-12H2,1H3,(H,18,19)/t13-,15+/m1/s1. The van der Waals surface area contributed by atoms with Gasteiger partial charge in [0.2, 0.25) is 0 Å². The van der Waals surface area contributed by atoms with Crippen molar-refractivity contribution in [1.29, 1.82) is 0 Å². The lowest BCUT2D eigenvalue weighted by molar-refractivity contribution is 0.0478. The summed E-state index contributed by atoms with van der Waals surface area (Å²) in [5, 5.41) is 6.26. The van der Waals surface area contributed by atoms with Crippen LogP contribution in [0.5, 0.6) is 0 Å². The molecule has 1 radical (unpaired) electrons. The van der Waals surface area contributed by atoms with Crippen molar-refractivity contribution in [2.75, 3.05) is 26.8 Å². The van der Waals surface area contributed by atoms with Crippen molar-refractivity contribution in [3.05, 3.63) is 35.9 Å². The molecule has 0 aromatic heterocycles. The minimum absolute atomic E-state index is 0.0398. The Labute approximate surface area is 120 Å². The maximum Gasteiger partial charge on any atom is 0.251 e. The number of ether oxygens (including phenoxy) is 1. The number of benzene rings is 1.